The van der Waals surface area contributed by atoms with Crippen LogP contribution in [0.3, 0.4) is 0 Å². The molecule has 0 aromatic carbocycles. The van der Waals surface area contributed by atoms with E-state index in [-0.39, 0.29) is 17.8 Å². The standard InChI is InChI=1S/C12H18N4O2S/c1-4-8(5-2)15-11(17)9-10(13)16-12(19-9)14-6-7-18-3/h1,8H,5-7,13H2,2-3H3,(H,14,16)(H,15,17). The summed E-state index contributed by atoms with van der Waals surface area (Å²) in [5.41, 5.74) is 5.72. The van der Waals surface area contributed by atoms with Crippen molar-refractivity contribution in [2.24, 2.45) is 0 Å². The highest BCUT2D eigenvalue weighted by Crippen LogP contribution is 2.24. The second-order valence-corrected chi connectivity index (χ2v) is 4.75. The second-order valence-electron chi connectivity index (χ2n) is 3.75. The molecule has 1 aromatic heterocycles. The Morgan fingerprint density at radius 3 is 3.00 bits per heavy atom. The fraction of sp³-hybridized carbons (Fsp3) is 0.500. The van der Waals surface area contributed by atoms with Gasteiger partial charge in [0.05, 0.1) is 12.6 Å². The minimum absolute atomic E-state index is 0.203. The predicted molar refractivity (Wildman–Crippen MR) is 77.3 cm³/mol. The molecule has 0 saturated heterocycles. The van der Waals surface area contributed by atoms with Crippen molar-refractivity contribution in [3.63, 3.8) is 0 Å². The number of terminal acetylenes is 1. The Labute approximate surface area is 116 Å². The molecule has 6 nitrogen and oxygen atoms in total. The average molecular weight is 282 g/mol. The lowest BCUT2D eigenvalue weighted by Gasteiger charge is -2.09. The van der Waals surface area contributed by atoms with Crippen LogP contribution in [0, 0.1) is 12.3 Å². The van der Waals surface area contributed by atoms with Gasteiger partial charge in [-0.2, -0.15) is 0 Å². The molecular weight excluding hydrogens is 264 g/mol. The number of amides is 1. The lowest BCUT2D eigenvalue weighted by molar-refractivity contribution is 0.0950. The maximum absolute atomic E-state index is 12.0. The first kappa shape index (κ1) is 15.3. The van der Waals surface area contributed by atoms with Gasteiger partial charge in [0.15, 0.2) is 5.13 Å². The number of aromatic nitrogens is 1. The maximum Gasteiger partial charge on any atom is 0.266 e. The molecule has 1 unspecified atom stereocenters. The number of ether oxygens (including phenoxy) is 1. The molecule has 0 aliphatic carbocycles. The fourth-order valence-electron chi connectivity index (χ4n) is 1.32. The molecule has 1 aromatic rings. The van der Waals surface area contributed by atoms with Gasteiger partial charge in [0, 0.05) is 13.7 Å². The van der Waals surface area contributed by atoms with Crippen LogP contribution in [0.15, 0.2) is 0 Å². The van der Waals surface area contributed by atoms with Crippen LogP contribution in [0.1, 0.15) is 23.0 Å². The Balaban J connectivity index is 2.67. The van der Waals surface area contributed by atoms with Crippen LogP contribution in [-0.4, -0.2) is 37.2 Å². The van der Waals surface area contributed by atoms with Gasteiger partial charge in [0.2, 0.25) is 0 Å². The van der Waals surface area contributed by atoms with Gasteiger partial charge in [-0.05, 0) is 6.42 Å². The van der Waals surface area contributed by atoms with Crippen molar-refractivity contribution in [1.82, 2.24) is 10.3 Å². The summed E-state index contributed by atoms with van der Waals surface area (Å²) in [5.74, 6) is 2.41. The van der Waals surface area contributed by atoms with Crippen LogP contribution in [-0.2, 0) is 4.74 Å². The molecule has 0 aliphatic rings. The van der Waals surface area contributed by atoms with E-state index in [1.54, 1.807) is 7.11 Å². The van der Waals surface area contributed by atoms with Crippen LogP contribution in [0.4, 0.5) is 10.9 Å². The van der Waals surface area contributed by atoms with E-state index < -0.39 is 0 Å². The average Bonchev–Trinajstić information content (AvgIpc) is 2.77. The lowest BCUT2D eigenvalue weighted by Crippen LogP contribution is -2.33. The van der Waals surface area contributed by atoms with Crippen molar-refractivity contribution in [2.45, 2.75) is 19.4 Å². The molecule has 4 N–H and O–H groups in total. The Morgan fingerprint density at radius 1 is 1.68 bits per heavy atom. The van der Waals surface area contributed by atoms with Crippen LogP contribution < -0.4 is 16.4 Å². The maximum atomic E-state index is 12.0. The number of hydrogen-bond acceptors (Lipinski definition) is 6. The summed E-state index contributed by atoms with van der Waals surface area (Å²) >= 11 is 1.20. The predicted octanol–water partition coefficient (Wildman–Crippen LogP) is 0.925. The molecule has 0 radical (unpaired) electrons. The van der Waals surface area contributed by atoms with Gasteiger partial charge in [0.25, 0.3) is 5.91 Å². The first-order chi connectivity index (χ1) is 9.12. The van der Waals surface area contributed by atoms with Gasteiger partial charge >= 0.3 is 0 Å². The van der Waals surface area contributed by atoms with E-state index in [0.29, 0.717) is 29.6 Å². The molecule has 104 valence electrons. The molecule has 7 heteroatoms. The van der Waals surface area contributed by atoms with E-state index >= 15 is 0 Å². The van der Waals surface area contributed by atoms with Crippen LogP contribution in [0.25, 0.3) is 0 Å². The first-order valence-electron chi connectivity index (χ1n) is 5.88. The van der Waals surface area contributed by atoms with Gasteiger partial charge < -0.3 is 21.1 Å². The van der Waals surface area contributed by atoms with Gasteiger partial charge in [-0.1, -0.05) is 24.2 Å². The van der Waals surface area contributed by atoms with E-state index in [9.17, 15) is 4.79 Å². The van der Waals surface area contributed by atoms with Crippen LogP contribution >= 0.6 is 11.3 Å². The highest BCUT2D eigenvalue weighted by atomic mass is 32.1. The van der Waals surface area contributed by atoms with Gasteiger partial charge in [-0.15, -0.1) is 6.42 Å². The quantitative estimate of drug-likeness (QED) is 0.511. The Bertz CT molecular complexity index is 467. The number of carbonyl (C=O) groups excluding carboxylic acids is 1. The Hall–Kier alpha value is -1.78. The highest BCUT2D eigenvalue weighted by molar-refractivity contribution is 7.18. The lowest BCUT2D eigenvalue weighted by atomic mass is 10.2. The largest absolute Gasteiger partial charge is 0.383 e. The minimum atomic E-state index is -0.293. The van der Waals surface area contributed by atoms with Crippen molar-refractivity contribution in [2.75, 3.05) is 31.3 Å². The number of carbonyl (C=O) groups is 1. The van der Waals surface area contributed by atoms with E-state index in [0.717, 1.165) is 0 Å². The number of nitrogens with two attached hydrogens (primary N) is 1. The van der Waals surface area contributed by atoms with Gasteiger partial charge in [-0.3, -0.25) is 4.79 Å². The molecule has 0 bridgehead atoms. The highest BCUT2D eigenvalue weighted by Gasteiger charge is 2.17. The van der Waals surface area contributed by atoms with Crippen molar-refractivity contribution < 1.29 is 9.53 Å². The van der Waals surface area contributed by atoms with E-state index in [2.05, 4.69) is 21.5 Å². The summed E-state index contributed by atoms with van der Waals surface area (Å²) < 4.78 is 4.91. The van der Waals surface area contributed by atoms with E-state index in [4.69, 9.17) is 16.9 Å². The van der Waals surface area contributed by atoms with E-state index in [1.807, 2.05) is 6.92 Å². The smallest absolute Gasteiger partial charge is 0.266 e. The van der Waals surface area contributed by atoms with Crippen molar-refractivity contribution in [1.29, 1.82) is 0 Å². The molecule has 0 fully saturated rings. The summed E-state index contributed by atoms with van der Waals surface area (Å²) in [6.07, 6.45) is 5.97. The van der Waals surface area contributed by atoms with Gasteiger partial charge in [0.1, 0.15) is 10.7 Å². The van der Waals surface area contributed by atoms with Crippen LogP contribution in [0.5, 0.6) is 0 Å². The van der Waals surface area contributed by atoms with Crippen molar-refractivity contribution >= 4 is 28.2 Å². The fourth-order valence-corrected chi connectivity index (χ4v) is 2.13. The normalized spacial score (nSPS) is 11.6. The number of nitrogens with zero attached hydrogens (tertiary/aromatic N) is 1. The minimum Gasteiger partial charge on any atom is -0.383 e. The topological polar surface area (TPSA) is 89.3 Å². The zero-order chi connectivity index (χ0) is 14.3. The summed E-state index contributed by atoms with van der Waals surface area (Å²) in [6, 6.07) is -0.293. The number of nitrogens with one attached hydrogen (secondary N) is 2. The van der Waals surface area contributed by atoms with Crippen molar-refractivity contribution in [3.05, 3.63) is 4.88 Å². The molecule has 1 rings (SSSR count). The molecule has 0 aliphatic heterocycles. The summed E-state index contributed by atoms with van der Waals surface area (Å²) in [4.78, 5) is 16.4. The SMILES string of the molecule is C#CC(CC)NC(=O)c1sc(NCCOC)nc1N. The number of thiazole rings is 1. The Morgan fingerprint density at radius 2 is 2.42 bits per heavy atom. The number of rotatable bonds is 7. The number of methoxy groups -OCH3 is 1. The summed E-state index contributed by atoms with van der Waals surface area (Å²) in [7, 11) is 1.61. The van der Waals surface area contributed by atoms with Gasteiger partial charge in [-0.25, -0.2) is 4.98 Å². The first-order valence-corrected chi connectivity index (χ1v) is 6.70. The third kappa shape index (κ3) is 4.43. The monoisotopic (exact) mass is 282 g/mol. The molecule has 1 heterocycles. The summed E-state index contributed by atoms with van der Waals surface area (Å²) in [6.45, 7) is 3.06. The molecule has 19 heavy (non-hydrogen) atoms. The molecule has 1 amide bonds. The number of nitrogen functional groups attached to an aromatic ring is 1. The molecule has 1 atom stereocenters. The zero-order valence-electron chi connectivity index (χ0n) is 11.0. The zero-order valence-corrected chi connectivity index (χ0v) is 11.8. The van der Waals surface area contributed by atoms with E-state index in [1.165, 1.54) is 11.3 Å². The second kappa shape index (κ2) is 7.61. The molecule has 0 spiro atoms. The molecular formula is C12H18N4O2S. The Kier molecular flexibility index (Phi) is 6.12. The van der Waals surface area contributed by atoms with Crippen LogP contribution in [0.2, 0.25) is 0 Å². The third-order valence-electron chi connectivity index (χ3n) is 2.36. The number of anilines is 2. The van der Waals surface area contributed by atoms with Crippen molar-refractivity contribution in [3.8, 4) is 12.3 Å². The third-order valence-corrected chi connectivity index (χ3v) is 3.38. The summed E-state index contributed by atoms with van der Waals surface area (Å²) in [5, 5.41) is 6.33. The molecule has 0 saturated carbocycles. The number of hydrogen-bond donors (Lipinski definition) is 3.